The zero-order valence-corrected chi connectivity index (χ0v) is 21.1. The van der Waals surface area contributed by atoms with Crippen LogP contribution in [0.1, 0.15) is 62.8 Å². The van der Waals surface area contributed by atoms with E-state index < -0.39 is 57.0 Å². The van der Waals surface area contributed by atoms with E-state index in [1.807, 2.05) is 33.0 Å². The third-order valence-electron chi connectivity index (χ3n) is 6.78. The summed E-state index contributed by atoms with van der Waals surface area (Å²) >= 11 is 0.500. The lowest BCUT2D eigenvalue weighted by Gasteiger charge is -2.42. The number of nitrogens with one attached hydrogen (secondary N) is 1. The average Bonchev–Trinajstić information content (AvgIpc) is 3.06. The zero-order valence-electron chi connectivity index (χ0n) is 20.3. The van der Waals surface area contributed by atoms with Crippen LogP contribution in [0.3, 0.4) is 0 Å². The Morgan fingerprint density at radius 2 is 1.54 bits per heavy atom. The SMILES string of the molecule is CC1(C)CCC(C)(C)c2cc(C(F)(F)F)c(-c3c(C=C4SC(=O)NC4=O)cccc3OC(F)(F)F)cc21. The molecule has 0 atom stereocenters. The number of ether oxygens (including phenoxy) is 1. The van der Waals surface area contributed by atoms with Gasteiger partial charge >= 0.3 is 12.5 Å². The summed E-state index contributed by atoms with van der Waals surface area (Å²) in [5.41, 5.74) is -2.29. The highest BCUT2D eigenvalue weighted by molar-refractivity contribution is 8.18. The first-order valence-corrected chi connectivity index (χ1v) is 12.1. The van der Waals surface area contributed by atoms with Crippen LogP contribution in [0, 0.1) is 0 Å². The van der Waals surface area contributed by atoms with Crippen LogP contribution in [-0.2, 0) is 21.8 Å². The van der Waals surface area contributed by atoms with E-state index in [0.717, 1.165) is 18.2 Å². The van der Waals surface area contributed by atoms with Crippen LogP contribution in [-0.4, -0.2) is 17.5 Å². The molecule has 0 spiro atoms. The summed E-state index contributed by atoms with van der Waals surface area (Å²) in [5.74, 6) is -1.65. The Bertz CT molecular complexity index is 1320. The number of halogens is 6. The van der Waals surface area contributed by atoms with Gasteiger partial charge in [0.05, 0.1) is 10.5 Å². The molecule has 0 saturated carbocycles. The minimum absolute atomic E-state index is 0.132. The van der Waals surface area contributed by atoms with Crippen LogP contribution in [0.25, 0.3) is 17.2 Å². The highest BCUT2D eigenvalue weighted by Gasteiger charge is 2.43. The van der Waals surface area contributed by atoms with Crippen LogP contribution in [0.4, 0.5) is 31.1 Å². The third-order valence-corrected chi connectivity index (χ3v) is 7.59. The van der Waals surface area contributed by atoms with Gasteiger partial charge in [-0.25, -0.2) is 0 Å². The quantitative estimate of drug-likeness (QED) is 0.315. The maximum absolute atomic E-state index is 14.5. The third kappa shape index (κ3) is 5.37. The van der Waals surface area contributed by atoms with Gasteiger partial charge < -0.3 is 4.74 Å². The predicted octanol–water partition coefficient (Wildman–Crippen LogP) is 7.94. The lowest BCUT2D eigenvalue weighted by molar-refractivity contribution is -0.274. The molecule has 0 aromatic heterocycles. The van der Waals surface area contributed by atoms with E-state index in [-0.39, 0.29) is 10.5 Å². The fourth-order valence-corrected chi connectivity index (χ4v) is 5.46. The molecule has 2 amide bonds. The first kappa shape index (κ1) is 27.1. The van der Waals surface area contributed by atoms with E-state index >= 15 is 0 Å². The number of carbonyl (C=O) groups is 2. The Kier molecular flexibility index (Phi) is 6.46. The number of amides is 2. The van der Waals surface area contributed by atoms with Gasteiger partial charge in [-0.3, -0.25) is 14.9 Å². The molecule has 0 unspecified atom stereocenters. The number of hydrogen-bond acceptors (Lipinski definition) is 4. The predicted molar refractivity (Wildman–Crippen MR) is 128 cm³/mol. The Balaban J connectivity index is 2.09. The summed E-state index contributed by atoms with van der Waals surface area (Å²) in [7, 11) is 0. The Morgan fingerprint density at radius 1 is 0.946 bits per heavy atom. The van der Waals surface area contributed by atoms with Crippen LogP contribution < -0.4 is 10.1 Å². The lowest BCUT2D eigenvalue weighted by atomic mass is 9.62. The molecule has 11 heteroatoms. The minimum atomic E-state index is -5.19. The number of alkyl halides is 6. The molecule has 1 N–H and O–H groups in total. The molecule has 2 aromatic carbocycles. The van der Waals surface area contributed by atoms with Gasteiger partial charge in [0.15, 0.2) is 0 Å². The van der Waals surface area contributed by atoms with Crippen molar-refractivity contribution in [3.8, 4) is 16.9 Å². The van der Waals surface area contributed by atoms with Crippen LogP contribution >= 0.6 is 11.8 Å². The summed E-state index contributed by atoms with van der Waals surface area (Å²) < 4.78 is 87.6. The topological polar surface area (TPSA) is 55.4 Å². The second kappa shape index (κ2) is 8.82. The monoisotopic (exact) mass is 543 g/mol. The van der Waals surface area contributed by atoms with Crippen molar-refractivity contribution in [1.29, 1.82) is 0 Å². The maximum atomic E-state index is 14.5. The van der Waals surface area contributed by atoms with Gasteiger partial charge in [-0.1, -0.05) is 39.8 Å². The highest BCUT2D eigenvalue weighted by Crippen LogP contribution is 2.52. The Labute approximate surface area is 213 Å². The van der Waals surface area contributed by atoms with Gasteiger partial charge in [-0.2, -0.15) is 13.2 Å². The van der Waals surface area contributed by atoms with Gasteiger partial charge in [0.25, 0.3) is 11.1 Å². The van der Waals surface area contributed by atoms with E-state index in [0.29, 0.717) is 35.7 Å². The molecule has 1 heterocycles. The van der Waals surface area contributed by atoms with Crippen LogP contribution in [0.2, 0.25) is 0 Å². The first-order valence-electron chi connectivity index (χ1n) is 11.3. The van der Waals surface area contributed by atoms with Gasteiger partial charge in [-0.15, -0.1) is 13.2 Å². The van der Waals surface area contributed by atoms with Crippen molar-refractivity contribution >= 4 is 29.0 Å². The normalized spacial score (nSPS) is 20.1. The Hall–Kier alpha value is -2.95. The van der Waals surface area contributed by atoms with E-state index in [9.17, 15) is 35.9 Å². The number of imide groups is 1. The second-order valence-electron chi connectivity index (χ2n) is 10.3. The molecule has 198 valence electrons. The zero-order chi connectivity index (χ0) is 27.6. The molecule has 1 aliphatic heterocycles. The summed E-state index contributed by atoms with van der Waals surface area (Å²) in [6.45, 7) is 7.43. The summed E-state index contributed by atoms with van der Waals surface area (Å²) in [6.07, 6.45) is -7.71. The number of hydrogen-bond donors (Lipinski definition) is 1. The molecule has 4 nitrogen and oxygen atoms in total. The second-order valence-corrected chi connectivity index (χ2v) is 11.3. The van der Waals surface area contributed by atoms with Crippen molar-refractivity contribution in [1.82, 2.24) is 5.32 Å². The van der Waals surface area contributed by atoms with Crippen LogP contribution in [0.5, 0.6) is 5.75 Å². The molecule has 2 aromatic rings. The van der Waals surface area contributed by atoms with Crippen molar-refractivity contribution in [2.75, 3.05) is 0 Å². The van der Waals surface area contributed by atoms with Crippen LogP contribution in [0.15, 0.2) is 35.2 Å². The smallest absolute Gasteiger partial charge is 0.405 e. The van der Waals surface area contributed by atoms with E-state index in [2.05, 4.69) is 4.74 Å². The fourth-order valence-electron chi connectivity index (χ4n) is 4.78. The van der Waals surface area contributed by atoms with E-state index in [1.165, 1.54) is 18.2 Å². The van der Waals surface area contributed by atoms with Crippen molar-refractivity contribution < 1.29 is 40.7 Å². The van der Waals surface area contributed by atoms with Crippen molar-refractivity contribution in [2.24, 2.45) is 0 Å². The number of carbonyl (C=O) groups excluding carboxylic acids is 2. The lowest BCUT2D eigenvalue weighted by Crippen LogP contribution is -2.34. The molecular formula is C26H23F6NO3S. The minimum Gasteiger partial charge on any atom is -0.405 e. The van der Waals surface area contributed by atoms with Gasteiger partial charge in [0.2, 0.25) is 0 Å². The summed E-state index contributed by atoms with van der Waals surface area (Å²) in [4.78, 5) is 23.6. The number of thioether (sulfide) groups is 1. The van der Waals surface area contributed by atoms with Gasteiger partial charge in [-0.05, 0) is 82.0 Å². The molecule has 1 fully saturated rings. The highest BCUT2D eigenvalue weighted by atomic mass is 32.2. The van der Waals surface area contributed by atoms with Crippen molar-refractivity contribution in [3.05, 3.63) is 57.5 Å². The Morgan fingerprint density at radius 3 is 2.05 bits per heavy atom. The molecular weight excluding hydrogens is 520 g/mol. The maximum Gasteiger partial charge on any atom is 0.573 e. The molecule has 2 aliphatic rings. The standard InChI is InChI=1S/C26H23F6NO3S/c1-23(2)8-9-24(3,4)17-12-15(25(27,28)29)14(11-16(17)23)20-13(10-19-21(34)33-22(35)37-19)6-5-7-18(20)36-26(30,31)32/h5-7,10-12H,8-9H2,1-4H3,(H,33,34,35). The van der Waals surface area contributed by atoms with Gasteiger partial charge in [0.1, 0.15) is 5.75 Å². The summed E-state index contributed by atoms with van der Waals surface area (Å²) in [6, 6.07) is 5.69. The fraction of sp³-hybridized carbons (Fsp3) is 0.385. The molecule has 1 saturated heterocycles. The molecule has 0 radical (unpaired) electrons. The largest absolute Gasteiger partial charge is 0.573 e. The molecule has 37 heavy (non-hydrogen) atoms. The summed E-state index contributed by atoms with van der Waals surface area (Å²) in [5, 5.41) is 1.32. The van der Waals surface area contributed by atoms with Crippen molar-refractivity contribution in [3.63, 3.8) is 0 Å². The van der Waals surface area contributed by atoms with Crippen molar-refractivity contribution in [2.45, 2.75) is 63.9 Å². The molecule has 0 bridgehead atoms. The number of rotatable bonds is 3. The number of fused-ring (bicyclic) bond motifs is 1. The first-order chi connectivity index (χ1) is 16.9. The van der Waals surface area contributed by atoms with Gasteiger partial charge in [0, 0.05) is 5.56 Å². The molecule has 1 aliphatic carbocycles. The van der Waals surface area contributed by atoms with E-state index in [4.69, 9.17) is 0 Å². The number of benzene rings is 2. The van der Waals surface area contributed by atoms with E-state index in [1.54, 1.807) is 0 Å². The molecule has 4 rings (SSSR count). The average molecular weight is 544 g/mol.